The Hall–Kier alpha value is -2.04. The normalized spacial score (nSPS) is 11.0. The topological polar surface area (TPSA) is 62.5 Å². The number of hydrogen-bond donors (Lipinski definition) is 2. The highest BCUT2D eigenvalue weighted by atomic mass is 19.1. The van der Waals surface area contributed by atoms with Crippen molar-refractivity contribution in [2.75, 3.05) is 0 Å². The van der Waals surface area contributed by atoms with Crippen LogP contribution in [-0.2, 0) is 6.54 Å². The van der Waals surface area contributed by atoms with Crippen molar-refractivity contribution in [3.63, 3.8) is 0 Å². The van der Waals surface area contributed by atoms with E-state index in [1.807, 2.05) is 6.92 Å². The van der Waals surface area contributed by atoms with Gasteiger partial charge < -0.3 is 14.8 Å². The van der Waals surface area contributed by atoms with E-state index in [2.05, 4.69) is 0 Å². The Morgan fingerprint density at radius 2 is 2.06 bits per heavy atom. The number of aromatic nitrogens is 1. The van der Waals surface area contributed by atoms with Crippen LogP contribution in [0.2, 0.25) is 0 Å². The zero-order valence-electron chi connectivity index (χ0n) is 9.49. The maximum atomic E-state index is 13.8. The third-order valence-corrected chi connectivity index (χ3v) is 2.78. The van der Waals surface area contributed by atoms with Gasteiger partial charge in [0.15, 0.2) is 22.7 Å². The van der Waals surface area contributed by atoms with Gasteiger partial charge in [0.05, 0.1) is 10.9 Å². The summed E-state index contributed by atoms with van der Waals surface area (Å²) in [4.78, 5) is 11.8. The molecule has 0 unspecified atom stereocenters. The Morgan fingerprint density at radius 3 is 2.65 bits per heavy atom. The van der Waals surface area contributed by atoms with Crippen molar-refractivity contribution >= 4 is 10.9 Å². The molecule has 0 amide bonds. The predicted molar refractivity (Wildman–Crippen MR) is 61.9 cm³/mol. The fourth-order valence-electron chi connectivity index (χ4n) is 1.88. The standard InChI is InChI=1S/C12H12FNO3/c1-3-14-5-6(2)11(16)9-7(14)4-8(15)12(17)10(9)13/h4-5,15,17H,3H2,1-2H3. The molecule has 0 aliphatic heterocycles. The van der Waals surface area contributed by atoms with E-state index in [4.69, 9.17) is 0 Å². The third-order valence-electron chi connectivity index (χ3n) is 2.78. The van der Waals surface area contributed by atoms with Crippen LogP contribution in [0.1, 0.15) is 12.5 Å². The number of pyridine rings is 1. The molecule has 0 radical (unpaired) electrons. The van der Waals surface area contributed by atoms with E-state index >= 15 is 0 Å². The van der Waals surface area contributed by atoms with Crippen LogP contribution in [0.3, 0.4) is 0 Å². The maximum absolute atomic E-state index is 13.8. The number of halogens is 1. The summed E-state index contributed by atoms with van der Waals surface area (Å²) in [5.41, 5.74) is 0.191. The van der Waals surface area contributed by atoms with Gasteiger partial charge in [0.2, 0.25) is 0 Å². The summed E-state index contributed by atoms with van der Waals surface area (Å²) >= 11 is 0. The molecule has 2 aromatic rings. The summed E-state index contributed by atoms with van der Waals surface area (Å²) in [6.45, 7) is 3.95. The van der Waals surface area contributed by atoms with E-state index in [1.54, 1.807) is 17.7 Å². The summed E-state index contributed by atoms with van der Waals surface area (Å²) in [6.07, 6.45) is 1.60. The summed E-state index contributed by atoms with van der Waals surface area (Å²) in [6, 6.07) is 1.19. The number of aryl methyl sites for hydroxylation is 2. The van der Waals surface area contributed by atoms with Crippen LogP contribution >= 0.6 is 0 Å². The van der Waals surface area contributed by atoms with Crippen LogP contribution in [0.15, 0.2) is 17.1 Å². The first-order chi connectivity index (χ1) is 7.97. The zero-order valence-corrected chi connectivity index (χ0v) is 9.49. The van der Waals surface area contributed by atoms with Gasteiger partial charge in [-0.05, 0) is 13.8 Å². The van der Waals surface area contributed by atoms with E-state index in [0.717, 1.165) is 0 Å². The fourth-order valence-corrected chi connectivity index (χ4v) is 1.88. The van der Waals surface area contributed by atoms with Crippen LogP contribution in [0.4, 0.5) is 4.39 Å². The molecular formula is C12H12FNO3. The lowest BCUT2D eigenvalue weighted by Gasteiger charge is -2.11. The van der Waals surface area contributed by atoms with Crippen molar-refractivity contribution in [1.82, 2.24) is 4.57 Å². The van der Waals surface area contributed by atoms with Gasteiger partial charge in [0, 0.05) is 24.4 Å². The second-order valence-electron chi connectivity index (χ2n) is 3.88. The molecule has 1 aromatic carbocycles. The molecule has 1 aromatic heterocycles. The second-order valence-corrected chi connectivity index (χ2v) is 3.88. The average molecular weight is 237 g/mol. The molecule has 0 aliphatic carbocycles. The Balaban J connectivity index is 3.10. The lowest BCUT2D eigenvalue weighted by molar-refractivity contribution is 0.381. The molecule has 2 rings (SSSR count). The van der Waals surface area contributed by atoms with E-state index in [9.17, 15) is 19.4 Å². The first-order valence-electron chi connectivity index (χ1n) is 5.21. The van der Waals surface area contributed by atoms with Gasteiger partial charge in [-0.3, -0.25) is 4.79 Å². The molecule has 5 heteroatoms. The SMILES string of the molecule is CCn1cc(C)c(=O)c2c(F)c(O)c(O)cc21. The van der Waals surface area contributed by atoms with Gasteiger partial charge in [-0.2, -0.15) is 0 Å². The quantitative estimate of drug-likeness (QED) is 0.744. The Kier molecular flexibility index (Phi) is 2.53. The van der Waals surface area contributed by atoms with Crippen molar-refractivity contribution in [2.24, 2.45) is 0 Å². The third kappa shape index (κ3) is 1.54. The van der Waals surface area contributed by atoms with Gasteiger partial charge in [0.25, 0.3) is 0 Å². The number of fused-ring (bicyclic) bond motifs is 1. The first-order valence-corrected chi connectivity index (χ1v) is 5.21. The van der Waals surface area contributed by atoms with Gasteiger partial charge in [-0.1, -0.05) is 0 Å². The molecule has 0 bridgehead atoms. The first kappa shape index (κ1) is 11.4. The number of rotatable bonds is 1. The Bertz CT molecular complexity index is 661. The minimum atomic E-state index is -1.07. The van der Waals surface area contributed by atoms with Gasteiger partial charge in [-0.25, -0.2) is 4.39 Å². The van der Waals surface area contributed by atoms with Crippen LogP contribution in [0.5, 0.6) is 11.5 Å². The van der Waals surface area contributed by atoms with Gasteiger partial charge in [-0.15, -0.1) is 0 Å². The van der Waals surface area contributed by atoms with Crippen LogP contribution in [-0.4, -0.2) is 14.8 Å². The molecule has 4 nitrogen and oxygen atoms in total. The van der Waals surface area contributed by atoms with E-state index in [1.165, 1.54) is 6.07 Å². The summed E-state index contributed by atoms with van der Waals surface area (Å²) in [5.74, 6) is -2.53. The fraction of sp³-hybridized carbons (Fsp3) is 0.250. The lowest BCUT2D eigenvalue weighted by atomic mass is 10.1. The van der Waals surface area contributed by atoms with E-state index in [0.29, 0.717) is 12.1 Å². The lowest BCUT2D eigenvalue weighted by Crippen LogP contribution is -2.13. The highest BCUT2D eigenvalue weighted by Crippen LogP contribution is 2.32. The number of hydrogen-bond acceptors (Lipinski definition) is 3. The second kappa shape index (κ2) is 3.76. The average Bonchev–Trinajstić information content (AvgIpc) is 2.30. The van der Waals surface area contributed by atoms with Crippen molar-refractivity contribution in [1.29, 1.82) is 0 Å². The molecule has 0 atom stereocenters. The predicted octanol–water partition coefficient (Wildman–Crippen LogP) is 1.88. The monoisotopic (exact) mass is 237 g/mol. The summed E-state index contributed by atoms with van der Waals surface area (Å²) < 4.78 is 15.4. The van der Waals surface area contributed by atoms with E-state index < -0.39 is 22.7 Å². The molecule has 0 saturated heterocycles. The number of phenolic OH excluding ortho intramolecular Hbond substituents is 2. The number of benzene rings is 1. The minimum Gasteiger partial charge on any atom is -0.504 e. The van der Waals surface area contributed by atoms with Crippen molar-refractivity contribution in [3.05, 3.63) is 33.9 Å². The molecule has 0 aliphatic rings. The molecule has 0 spiro atoms. The number of aromatic hydroxyl groups is 2. The van der Waals surface area contributed by atoms with Crippen molar-refractivity contribution < 1.29 is 14.6 Å². The zero-order chi connectivity index (χ0) is 12.7. The summed E-state index contributed by atoms with van der Waals surface area (Å²) in [5, 5.41) is 18.5. The van der Waals surface area contributed by atoms with Crippen LogP contribution in [0.25, 0.3) is 10.9 Å². The van der Waals surface area contributed by atoms with Crippen LogP contribution < -0.4 is 5.43 Å². The highest BCUT2D eigenvalue weighted by molar-refractivity contribution is 5.84. The molecule has 17 heavy (non-hydrogen) atoms. The number of nitrogens with zero attached hydrogens (tertiary/aromatic N) is 1. The smallest absolute Gasteiger partial charge is 0.195 e. The van der Waals surface area contributed by atoms with Gasteiger partial charge >= 0.3 is 0 Å². The Morgan fingerprint density at radius 1 is 1.41 bits per heavy atom. The van der Waals surface area contributed by atoms with Crippen molar-refractivity contribution in [3.8, 4) is 11.5 Å². The summed E-state index contributed by atoms with van der Waals surface area (Å²) in [7, 11) is 0. The van der Waals surface area contributed by atoms with E-state index in [-0.39, 0.29) is 10.9 Å². The van der Waals surface area contributed by atoms with Gasteiger partial charge in [0.1, 0.15) is 0 Å². The number of phenols is 2. The van der Waals surface area contributed by atoms with Crippen molar-refractivity contribution in [2.45, 2.75) is 20.4 Å². The Labute approximate surface area is 96.6 Å². The highest BCUT2D eigenvalue weighted by Gasteiger charge is 2.17. The molecule has 0 saturated carbocycles. The molecular weight excluding hydrogens is 225 g/mol. The molecule has 90 valence electrons. The maximum Gasteiger partial charge on any atom is 0.195 e. The molecule has 2 N–H and O–H groups in total. The minimum absolute atomic E-state index is 0.192. The largest absolute Gasteiger partial charge is 0.504 e. The molecule has 1 heterocycles. The molecule has 0 fully saturated rings. The van der Waals surface area contributed by atoms with Crippen LogP contribution in [0, 0.1) is 12.7 Å².